The van der Waals surface area contributed by atoms with Gasteiger partial charge in [-0.3, -0.25) is 4.55 Å². The Bertz CT molecular complexity index is 643. The van der Waals surface area contributed by atoms with Crippen molar-refractivity contribution in [2.45, 2.75) is 175 Å². The Hall–Kier alpha value is -0.910. The molecule has 4 nitrogen and oxygen atoms in total. The summed E-state index contributed by atoms with van der Waals surface area (Å²) >= 11 is 0. The molecule has 0 saturated heterocycles. The van der Waals surface area contributed by atoms with E-state index >= 15 is 0 Å². The molecule has 0 rings (SSSR count). The van der Waals surface area contributed by atoms with Crippen molar-refractivity contribution < 1.29 is 17.5 Å². The Labute approximate surface area is 244 Å². The van der Waals surface area contributed by atoms with Crippen LogP contribution in [0.2, 0.25) is 0 Å². The number of hydrogen-bond acceptors (Lipinski definition) is 2. The normalized spacial score (nSPS) is 13.0. The van der Waals surface area contributed by atoms with Crippen LogP contribution in [-0.2, 0) is 10.1 Å². The molecule has 5 heteroatoms. The van der Waals surface area contributed by atoms with E-state index in [-0.39, 0.29) is 10.4 Å². The molecule has 0 radical (unpaired) electrons. The van der Waals surface area contributed by atoms with Crippen LogP contribution >= 0.6 is 0 Å². The number of quaternary nitrogens is 1. The first-order chi connectivity index (χ1) is 18.9. The number of rotatable bonds is 29. The molecule has 0 heterocycles. The number of nitrogens with zero attached hydrogens (tertiary/aromatic N) is 1. The third-order valence-corrected chi connectivity index (χ3v) is 8.23. The van der Waals surface area contributed by atoms with Crippen LogP contribution in [0.4, 0.5) is 0 Å². The first kappa shape index (κ1) is 38.1. The number of allylic oxidation sites excluding steroid dienone is 3. The monoisotopic (exact) mass is 568 g/mol. The van der Waals surface area contributed by atoms with Crippen molar-refractivity contribution in [3.63, 3.8) is 0 Å². The van der Waals surface area contributed by atoms with E-state index in [0.29, 0.717) is 0 Å². The van der Waals surface area contributed by atoms with Gasteiger partial charge in [0, 0.05) is 0 Å². The van der Waals surface area contributed by atoms with E-state index in [4.69, 9.17) is 0 Å². The molecule has 0 unspecified atom stereocenters. The number of unbranched alkanes of at least 4 members (excludes halogenated alkanes) is 21. The second-order valence-electron chi connectivity index (χ2n) is 11.6. The second kappa shape index (κ2) is 27.3. The fourth-order valence-electron chi connectivity index (χ4n) is 5.03. The second-order valence-corrected chi connectivity index (χ2v) is 13.0. The van der Waals surface area contributed by atoms with Gasteiger partial charge in [0.05, 0.1) is 0 Å². The highest BCUT2D eigenvalue weighted by Gasteiger charge is 2.26. The maximum absolute atomic E-state index is 12.1. The van der Waals surface area contributed by atoms with Crippen molar-refractivity contribution in [3.05, 3.63) is 36.8 Å². The molecule has 0 aliphatic rings. The molecule has 0 aliphatic carbocycles. The summed E-state index contributed by atoms with van der Waals surface area (Å²) < 4.78 is 34.0. The van der Waals surface area contributed by atoms with Gasteiger partial charge in [-0.15, -0.1) is 0 Å². The Balaban J connectivity index is 5.06. The Morgan fingerprint density at radius 1 is 0.462 bits per heavy atom. The van der Waals surface area contributed by atoms with Crippen molar-refractivity contribution in [2.75, 3.05) is 5.88 Å². The summed E-state index contributed by atoms with van der Waals surface area (Å²) in [5.74, 6) is -0.346. The molecule has 230 valence electrons. The van der Waals surface area contributed by atoms with Gasteiger partial charge >= 0.3 is 10.1 Å². The summed E-state index contributed by atoms with van der Waals surface area (Å²) in [7, 11) is -4.14. The highest BCUT2D eigenvalue weighted by atomic mass is 32.2. The van der Waals surface area contributed by atoms with Crippen LogP contribution in [0.15, 0.2) is 36.8 Å². The minimum Gasteiger partial charge on any atom is -0.281 e. The van der Waals surface area contributed by atoms with Gasteiger partial charge in [0.25, 0.3) is 0 Å². The van der Waals surface area contributed by atoms with Gasteiger partial charge < -0.3 is 0 Å². The lowest BCUT2D eigenvalue weighted by Gasteiger charge is -2.25. The van der Waals surface area contributed by atoms with E-state index in [1.165, 1.54) is 116 Å². The average Bonchev–Trinajstić information content (AvgIpc) is 2.89. The van der Waals surface area contributed by atoms with Gasteiger partial charge in [-0.1, -0.05) is 136 Å². The molecule has 0 aliphatic heterocycles. The topological polar surface area (TPSA) is 54.4 Å². The van der Waals surface area contributed by atoms with Crippen LogP contribution < -0.4 is 0 Å². The summed E-state index contributed by atoms with van der Waals surface area (Å²) in [4.78, 5) is 0. The summed E-state index contributed by atoms with van der Waals surface area (Å²) in [5, 5.41) is 0. The van der Waals surface area contributed by atoms with Crippen molar-refractivity contribution in [3.8, 4) is 0 Å². The summed E-state index contributed by atoms with van der Waals surface area (Å²) in [6.45, 7) is 6.73. The zero-order valence-corrected chi connectivity index (χ0v) is 27.1. The van der Waals surface area contributed by atoms with Crippen LogP contribution in [0.25, 0.3) is 0 Å². The SMILES string of the molecule is CCCCCCCCC/C=C/[N+](/C=C/CCCCCCCCC)(/C=C/CCCCCCCCC)CS(=O)(=O)O. The van der Waals surface area contributed by atoms with Crippen LogP contribution in [0.1, 0.15) is 175 Å². The van der Waals surface area contributed by atoms with Gasteiger partial charge in [-0.2, -0.15) is 8.42 Å². The van der Waals surface area contributed by atoms with Crippen molar-refractivity contribution in [1.29, 1.82) is 0 Å². The molecule has 0 bridgehead atoms. The Morgan fingerprint density at radius 2 is 0.718 bits per heavy atom. The standard InChI is InChI=1S/C34H65NO3S/c1-4-7-10-13-16-19-22-25-28-31-35(34-39(36,37)38,32-29-26-23-20-17-14-11-8-5-2)33-30-27-24-21-18-15-12-9-6-3/h28-33H,4-27,34H2,1-3H3/p+1/b31-28+,32-29+,33-30+. The third kappa shape index (κ3) is 27.0. The maximum Gasteiger partial charge on any atom is 0.317 e. The van der Waals surface area contributed by atoms with Crippen LogP contribution in [0.5, 0.6) is 0 Å². The molecule has 0 aromatic carbocycles. The zero-order chi connectivity index (χ0) is 28.9. The molecule has 0 fully saturated rings. The lowest BCUT2D eigenvalue weighted by atomic mass is 10.1. The molecular formula is C34H66NO3S+. The third-order valence-electron chi connectivity index (χ3n) is 7.46. The predicted octanol–water partition coefficient (Wildman–Crippen LogP) is 11.6. The molecule has 0 amide bonds. The van der Waals surface area contributed by atoms with Crippen molar-refractivity contribution in [2.24, 2.45) is 0 Å². The minimum absolute atomic E-state index is 0.0440. The highest BCUT2D eigenvalue weighted by Crippen LogP contribution is 2.19. The smallest absolute Gasteiger partial charge is 0.281 e. The Kier molecular flexibility index (Phi) is 26.6. The molecule has 0 spiro atoms. The molecule has 1 N–H and O–H groups in total. The summed E-state index contributed by atoms with van der Waals surface area (Å²) in [5.41, 5.74) is 0. The molecular weight excluding hydrogens is 502 g/mol. The summed E-state index contributed by atoms with van der Waals surface area (Å²) in [6, 6.07) is 0. The van der Waals surface area contributed by atoms with Gasteiger partial charge in [0.15, 0.2) is 0 Å². The van der Waals surface area contributed by atoms with Crippen LogP contribution in [0, 0.1) is 0 Å². The molecule has 0 aromatic heterocycles. The van der Waals surface area contributed by atoms with Gasteiger partial charge in [-0.05, 0) is 56.8 Å². The average molecular weight is 569 g/mol. The lowest BCUT2D eigenvalue weighted by molar-refractivity contribution is -0.760. The van der Waals surface area contributed by atoms with Crippen LogP contribution in [-0.4, -0.2) is 23.3 Å². The van der Waals surface area contributed by atoms with E-state index in [1.54, 1.807) is 0 Å². The number of hydrogen-bond donors (Lipinski definition) is 1. The lowest BCUT2D eigenvalue weighted by Crippen LogP contribution is -2.36. The maximum atomic E-state index is 12.1. The molecule has 0 atom stereocenters. The van der Waals surface area contributed by atoms with E-state index < -0.39 is 10.1 Å². The fraction of sp³-hybridized carbons (Fsp3) is 0.824. The van der Waals surface area contributed by atoms with Gasteiger partial charge in [0.1, 0.15) is 18.6 Å². The summed E-state index contributed by atoms with van der Waals surface area (Å²) in [6.07, 6.45) is 41.7. The molecule has 0 saturated carbocycles. The predicted molar refractivity (Wildman–Crippen MR) is 172 cm³/mol. The molecule has 39 heavy (non-hydrogen) atoms. The molecule has 0 aromatic rings. The van der Waals surface area contributed by atoms with Gasteiger partial charge in [0.2, 0.25) is 5.88 Å². The van der Waals surface area contributed by atoms with E-state index in [0.717, 1.165) is 38.5 Å². The van der Waals surface area contributed by atoms with Gasteiger partial charge in [-0.25, -0.2) is 4.48 Å². The highest BCUT2D eigenvalue weighted by molar-refractivity contribution is 7.85. The van der Waals surface area contributed by atoms with E-state index in [9.17, 15) is 13.0 Å². The quantitative estimate of drug-likeness (QED) is 0.0554. The minimum atomic E-state index is -4.14. The first-order valence-corrected chi connectivity index (χ1v) is 18.4. The largest absolute Gasteiger partial charge is 0.317 e. The fourth-order valence-corrected chi connectivity index (χ4v) is 5.85. The zero-order valence-electron chi connectivity index (χ0n) is 26.3. The van der Waals surface area contributed by atoms with Crippen molar-refractivity contribution >= 4 is 10.1 Å². The Morgan fingerprint density at radius 3 is 0.974 bits per heavy atom. The van der Waals surface area contributed by atoms with E-state index in [2.05, 4.69) is 39.0 Å². The first-order valence-electron chi connectivity index (χ1n) is 16.7. The van der Waals surface area contributed by atoms with E-state index in [1.807, 2.05) is 18.6 Å². The van der Waals surface area contributed by atoms with Crippen molar-refractivity contribution in [1.82, 2.24) is 0 Å². The van der Waals surface area contributed by atoms with Crippen LogP contribution in [0.3, 0.4) is 0 Å².